The van der Waals surface area contributed by atoms with Gasteiger partial charge in [-0.15, -0.1) is 0 Å². The van der Waals surface area contributed by atoms with Crippen LogP contribution < -0.4 is 10.6 Å². The third-order valence-corrected chi connectivity index (χ3v) is 2.59. The van der Waals surface area contributed by atoms with E-state index in [9.17, 15) is 0 Å². The van der Waals surface area contributed by atoms with Gasteiger partial charge in [0.2, 0.25) is 0 Å². The molecule has 0 unspecified atom stereocenters. The quantitative estimate of drug-likeness (QED) is 0.824. The van der Waals surface area contributed by atoms with Crippen molar-refractivity contribution in [2.24, 2.45) is 0 Å². The third-order valence-electron chi connectivity index (χ3n) is 2.59. The fourth-order valence-electron chi connectivity index (χ4n) is 1.62. The van der Waals surface area contributed by atoms with E-state index in [1.165, 1.54) is 5.56 Å². The lowest BCUT2D eigenvalue weighted by molar-refractivity contribution is 0.567. The summed E-state index contributed by atoms with van der Waals surface area (Å²) in [7, 11) is 1.97. The summed E-state index contributed by atoms with van der Waals surface area (Å²) in [5, 5.41) is 6.56. The zero-order chi connectivity index (χ0) is 12.9. The van der Waals surface area contributed by atoms with E-state index in [1.54, 1.807) is 0 Å². The second-order valence-corrected chi connectivity index (χ2v) is 5.45. The number of hydrogen-bond donors (Lipinski definition) is 2. The smallest absolute Gasteiger partial charge is 0.126 e. The second-order valence-electron chi connectivity index (χ2n) is 5.45. The number of aromatic nitrogens is 1. The minimum absolute atomic E-state index is 0.0897. The van der Waals surface area contributed by atoms with Gasteiger partial charge in [-0.1, -0.05) is 27.7 Å². The Morgan fingerprint density at radius 3 is 2.47 bits per heavy atom. The van der Waals surface area contributed by atoms with Crippen molar-refractivity contribution in [2.75, 3.05) is 18.9 Å². The van der Waals surface area contributed by atoms with Crippen molar-refractivity contribution < 1.29 is 0 Å². The van der Waals surface area contributed by atoms with E-state index in [0.717, 1.165) is 31.0 Å². The van der Waals surface area contributed by atoms with Gasteiger partial charge in [0.1, 0.15) is 5.82 Å². The van der Waals surface area contributed by atoms with Gasteiger partial charge in [0.05, 0.1) is 0 Å². The molecule has 2 N–H and O–H groups in total. The van der Waals surface area contributed by atoms with Gasteiger partial charge in [0.25, 0.3) is 0 Å². The highest BCUT2D eigenvalue weighted by atomic mass is 15.0. The van der Waals surface area contributed by atoms with Crippen molar-refractivity contribution in [3.8, 4) is 0 Å². The molecule has 0 saturated carbocycles. The van der Waals surface area contributed by atoms with Crippen LogP contribution in [-0.4, -0.2) is 18.6 Å². The van der Waals surface area contributed by atoms with Crippen molar-refractivity contribution in [1.82, 2.24) is 10.3 Å². The Morgan fingerprint density at radius 1 is 1.24 bits per heavy atom. The van der Waals surface area contributed by atoms with Crippen LogP contribution in [0.15, 0.2) is 12.1 Å². The molecule has 0 aromatic carbocycles. The molecule has 17 heavy (non-hydrogen) atoms. The standard InChI is InChI=1S/C14H25N3/c1-6-7-16-13-9-11(10-15-5)8-12(17-13)14(2,3)4/h8-9,15H,6-7,10H2,1-5H3,(H,16,17). The zero-order valence-corrected chi connectivity index (χ0v) is 11.7. The molecule has 0 bridgehead atoms. The van der Waals surface area contributed by atoms with E-state index < -0.39 is 0 Å². The van der Waals surface area contributed by atoms with Crippen LogP contribution >= 0.6 is 0 Å². The summed E-state index contributed by atoms with van der Waals surface area (Å²) < 4.78 is 0. The normalized spacial score (nSPS) is 11.6. The van der Waals surface area contributed by atoms with Crippen LogP contribution in [0.25, 0.3) is 0 Å². The summed E-state index contributed by atoms with van der Waals surface area (Å²) in [4.78, 5) is 4.69. The number of nitrogens with one attached hydrogen (secondary N) is 2. The molecule has 3 heteroatoms. The number of pyridine rings is 1. The summed E-state index contributed by atoms with van der Waals surface area (Å²) in [6.07, 6.45) is 1.11. The van der Waals surface area contributed by atoms with Crippen LogP contribution in [0.3, 0.4) is 0 Å². The van der Waals surface area contributed by atoms with Gasteiger partial charge < -0.3 is 10.6 Å². The van der Waals surface area contributed by atoms with Crippen LogP contribution in [0.2, 0.25) is 0 Å². The van der Waals surface area contributed by atoms with Gasteiger partial charge in [0, 0.05) is 24.2 Å². The fraction of sp³-hybridized carbons (Fsp3) is 0.643. The van der Waals surface area contributed by atoms with Crippen LogP contribution in [0.5, 0.6) is 0 Å². The molecule has 0 atom stereocenters. The number of hydrogen-bond acceptors (Lipinski definition) is 3. The maximum absolute atomic E-state index is 4.69. The Bertz CT molecular complexity index is 353. The lowest BCUT2D eigenvalue weighted by atomic mass is 9.90. The Hall–Kier alpha value is -1.09. The first-order valence-electron chi connectivity index (χ1n) is 6.37. The zero-order valence-electron chi connectivity index (χ0n) is 11.7. The monoisotopic (exact) mass is 235 g/mol. The Balaban J connectivity index is 3.01. The van der Waals surface area contributed by atoms with Gasteiger partial charge in [0.15, 0.2) is 0 Å². The largest absolute Gasteiger partial charge is 0.370 e. The maximum atomic E-state index is 4.69. The Labute approximate surface area is 105 Å². The molecule has 96 valence electrons. The van der Waals surface area contributed by atoms with Gasteiger partial charge in [-0.25, -0.2) is 4.98 Å². The topological polar surface area (TPSA) is 37.0 Å². The fourth-order valence-corrected chi connectivity index (χ4v) is 1.62. The second kappa shape index (κ2) is 6.01. The molecule has 1 rings (SSSR count). The lowest BCUT2D eigenvalue weighted by Crippen LogP contribution is -2.17. The number of anilines is 1. The summed E-state index contributed by atoms with van der Waals surface area (Å²) in [5.74, 6) is 0.990. The molecule has 0 amide bonds. The molecule has 3 nitrogen and oxygen atoms in total. The molecule has 0 radical (unpaired) electrons. The van der Waals surface area contributed by atoms with E-state index >= 15 is 0 Å². The summed E-state index contributed by atoms with van der Waals surface area (Å²) in [6, 6.07) is 4.31. The minimum atomic E-state index is 0.0897. The molecule has 0 saturated heterocycles. The molecular formula is C14H25N3. The van der Waals surface area contributed by atoms with E-state index in [-0.39, 0.29) is 5.41 Å². The molecule has 1 aromatic heterocycles. The third kappa shape index (κ3) is 4.35. The van der Waals surface area contributed by atoms with Gasteiger partial charge >= 0.3 is 0 Å². The minimum Gasteiger partial charge on any atom is -0.370 e. The predicted molar refractivity (Wildman–Crippen MR) is 74.5 cm³/mol. The van der Waals surface area contributed by atoms with Crippen molar-refractivity contribution in [3.63, 3.8) is 0 Å². The molecule has 1 aromatic rings. The first kappa shape index (κ1) is 14.0. The molecular weight excluding hydrogens is 210 g/mol. The average Bonchev–Trinajstić information content (AvgIpc) is 2.25. The van der Waals surface area contributed by atoms with E-state index in [1.807, 2.05) is 7.05 Å². The Morgan fingerprint density at radius 2 is 1.94 bits per heavy atom. The highest BCUT2D eigenvalue weighted by Gasteiger charge is 2.16. The van der Waals surface area contributed by atoms with Crippen molar-refractivity contribution in [3.05, 3.63) is 23.4 Å². The SMILES string of the molecule is CCCNc1cc(CNC)cc(C(C)(C)C)n1. The molecule has 1 heterocycles. The van der Waals surface area contributed by atoms with Crippen molar-refractivity contribution >= 4 is 5.82 Å². The first-order valence-corrected chi connectivity index (χ1v) is 6.37. The summed E-state index contributed by atoms with van der Waals surface area (Å²) in [5.41, 5.74) is 2.52. The summed E-state index contributed by atoms with van der Waals surface area (Å²) >= 11 is 0. The highest BCUT2D eigenvalue weighted by Crippen LogP contribution is 2.23. The van der Waals surface area contributed by atoms with E-state index in [2.05, 4.69) is 55.4 Å². The van der Waals surface area contributed by atoms with Crippen LogP contribution in [-0.2, 0) is 12.0 Å². The summed E-state index contributed by atoms with van der Waals surface area (Å²) in [6.45, 7) is 10.6. The van der Waals surface area contributed by atoms with E-state index in [0.29, 0.717) is 0 Å². The number of rotatable bonds is 5. The van der Waals surface area contributed by atoms with Gasteiger partial charge in [-0.2, -0.15) is 0 Å². The molecule has 0 spiro atoms. The van der Waals surface area contributed by atoms with Gasteiger partial charge in [-0.05, 0) is 31.2 Å². The van der Waals surface area contributed by atoms with Crippen LogP contribution in [0, 0.1) is 0 Å². The maximum Gasteiger partial charge on any atom is 0.126 e. The van der Waals surface area contributed by atoms with E-state index in [4.69, 9.17) is 0 Å². The molecule has 0 fully saturated rings. The Kier molecular flexibility index (Phi) is 4.94. The number of nitrogens with zero attached hydrogens (tertiary/aromatic N) is 1. The highest BCUT2D eigenvalue weighted by molar-refractivity contribution is 5.41. The molecule has 0 aliphatic carbocycles. The average molecular weight is 235 g/mol. The van der Waals surface area contributed by atoms with Gasteiger partial charge in [-0.3, -0.25) is 0 Å². The predicted octanol–water partition coefficient (Wildman–Crippen LogP) is 2.92. The van der Waals surface area contributed by atoms with Crippen molar-refractivity contribution in [1.29, 1.82) is 0 Å². The first-order chi connectivity index (χ1) is 7.97. The molecule has 0 aliphatic heterocycles. The lowest BCUT2D eigenvalue weighted by Gasteiger charge is -2.20. The van der Waals surface area contributed by atoms with Crippen molar-refractivity contribution in [2.45, 2.75) is 46.1 Å². The molecule has 0 aliphatic rings. The van der Waals surface area contributed by atoms with Crippen LogP contribution in [0.4, 0.5) is 5.82 Å². The van der Waals surface area contributed by atoms with Crippen LogP contribution in [0.1, 0.15) is 45.4 Å².